The number of likely N-dealkylation sites (tertiary alicyclic amines) is 1. The van der Waals surface area contributed by atoms with Gasteiger partial charge in [-0.1, -0.05) is 63.3 Å². The first-order valence-corrected chi connectivity index (χ1v) is 16.0. The number of aromatic amines is 1. The van der Waals surface area contributed by atoms with Gasteiger partial charge in [0.25, 0.3) is 0 Å². The molecule has 0 unspecified atom stereocenters. The van der Waals surface area contributed by atoms with Crippen LogP contribution in [0, 0.1) is 0 Å². The number of nitrogens with zero attached hydrogens (tertiary/aromatic N) is 2. The maximum Gasteiger partial charge on any atom is 0.411 e. The van der Waals surface area contributed by atoms with Crippen molar-refractivity contribution >= 4 is 17.9 Å². The van der Waals surface area contributed by atoms with E-state index in [-0.39, 0.29) is 24.4 Å². The minimum atomic E-state index is -0.692. The fourth-order valence-corrected chi connectivity index (χ4v) is 4.97. The molecule has 3 amide bonds. The molecule has 0 saturated carbocycles. The summed E-state index contributed by atoms with van der Waals surface area (Å²) in [5.41, 5.74) is 0.241. The second-order valence-electron chi connectivity index (χ2n) is 12.2. The molecule has 2 rings (SSSR count). The quantitative estimate of drug-likeness (QED) is 0.129. The number of carbonyl (C=O) groups excluding carboxylic acids is 3. The first kappa shape index (κ1) is 35.1. The molecule has 3 N–H and O–H groups in total. The lowest BCUT2D eigenvalue weighted by Crippen LogP contribution is -2.48. The molecule has 9 nitrogen and oxygen atoms in total. The molecule has 0 spiro atoms. The molecule has 1 aromatic heterocycles. The third-order valence-electron chi connectivity index (χ3n) is 7.20. The van der Waals surface area contributed by atoms with Crippen molar-refractivity contribution in [2.24, 2.45) is 0 Å². The average Bonchev–Trinajstić information content (AvgIpc) is 3.60. The molecule has 236 valence electrons. The maximum atomic E-state index is 13.0. The van der Waals surface area contributed by atoms with E-state index >= 15 is 0 Å². The van der Waals surface area contributed by atoms with Crippen molar-refractivity contribution in [3.8, 4) is 0 Å². The minimum absolute atomic E-state index is 0.0323. The number of allylic oxidation sites excluding steroid dienone is 4. The molecule has 2 atom stereocenters. The lowest BCUT2D eigenvalue weighted by molar-refractivity contribution is -0.125. The second-order valence-corrected chi connectivity index (χ2v) is 12.2. The molecule has 2 heterocycles. The van der Waals surface area contributed by atoms with E-state index in [9.17, 15) is 14.4 Å². The van der Waals surface area contributed by atoms with E-state index in [2.05, 4.69) is 51.8 Å². The summed E-state index contributed by atoms with van der Waals surface area (Å²) in [6.07, 6.45) is 25.8. The minimum Gasteiger partial charge on any atom is -0.444 e. The molecule has 9 heteroatoms. The molecule has 1 aliphatic rings. The highest BCUT2D eigenvalue weighted by Crippen LogP contribution is 2.22. The SMILES string of the molecule is CCCCCC=CCC=CCCCCCCCC(=O)N[C@H]1C[C@@H](C(=O)NCCc2cnc[nH]2)N(C(=O)OC(C)(C)C)C1. The highest BCUT2D eigenvalue weighted by Gasteiger charge is 2.41. The van der Waals surface area contributed by atoms with Crippen molar-refractivity contribution in [2.45, 2.75) is 135 Å². The molecule has 0 aliphatic carbocycles. The van der Waals surface area contributed by atoms with Crippen LogP contribution in [0.4, 0.5) is 4.79 Å². The van der Waals surface area contributed by atoms with Crippen LogP contribution in [-0.4, -0.2) is 63.5 Å². The molecule has 0 aromatic carbocycles. The van der Waals surface area contributed by atoms with E-state index in [1.807, 2.05) is 0 Å². The van der Waals surface area contributed by atoms with Gasteiger partial charge in [-0.25, -0.2) is 9.78 Å². The van der Waals surface area contributed by atoms with Gasteiger partial charge in [-0.05, 0) is 65.7 Å². The number of imidazole rings is 1. The Morgan fingerprint density at radius 1 is 1.02 bits per heavy atom. The molecule has 1 aliphatic heterocycles. The van der Waals surface area contributed by atoms with E-state index in [0.717, 1.165) is 37.8 Å². The summed E-state index contributed by atoms with van der Waals surface area (Å²) in [4.78, 5) is 47.0. The van der Waals surface area contributed by atoms with Crippen molar-refractivity contribution in [3.63, 3.8) is 0 Å². The Morgan fingerprint density at radius 2 is 1.71 bits per heavy atom. The Hall–Kier alpha value is -3.10. The number of rotatable bonds is 19. The first-order valence-electron chi connectivity index (χ1n) is 16.0. The summed E-state index contributed by atoms with van der Waals surface area (Å²) in [5, 5.41) is 5.96. The summed E-state index contributed by atoms with van der Waals surface area (Å²) in [6, 6.07) is -0.978. The molecule has 0 bridgehead atoms. The predicted molar refractivity (Wildman–Crippen MR) is 168 cm³/mol. The number of carbonyl (C=O) groups is 3. The van der Waals surface area contributed by atoms with Crippen molar-refractivity contribution in [3.05, 3.63) is 42.5 Å². The lowest BCUT2D eigenvalue weighted by atomic mass is 10.1. The fourth-order valence-electron chi connectivity index (χ4n) is 4.97. The van der Waals surface area contributed by atoms with Crippen molar-refractivity contribution in [1.29, 1.82) is 0 Å². The van der Waals surface area contributed by atoms with E-state index < -0.39 is 17.7 Å². The van der Waals surface area contributed by atoms with Crippen LogP contribution in [-0.2, 0) is 20.7 Å². The smallest absolute Gasteiger partial charge is 0.411 e. The van der Waals surface area contributed by atoms with Crippen LogP contribution in [0.25, 0.3) is 0 Å². The lowest BCUT2D eigenvalue weighted by Gasteiger charge is -2.28. The topological polar surface area (TPSA) is 116 Å². The van der Waals surface area contributed by atoms with Gasteiger partial charge in [0.2, 0.25) is 11.8 Å². The maximum absolute atomic E-state index is 13.0. The van der Waals surface area contributed by atoms with Crippen LogP contribution >= 0.6 is 0 Å². The Balaban J connectivity index is 1.65. The van der Waals surface area contributed by atoms with Gasteiger partial charge in [-0.2, -0.15) is 0 Å². The zero-order chi connectivity index (χ0) is 30.6. The molecule has 0 radical (unpaired) electrons. The number of hydrogen-bond acceptors (Lipinski definition) is 5. The van der Waals surface area contributed by atoms with Gasteiger partial charge < -0.3 is 20.4 Å². The van der Waals surface area contributed by atoms with Gasteiger partial charge >= 0.3 is 6.09 Å². The van der Waals surface area contributed by atoms with Gasteiger partial charge in [0, 0.05) is 43.9 Å². The summed E-state index contributed by atoms with van der Waals surface area (Å²) >= 11 is 0. The van der Waals surface area contributed by atoms with Gasteiger partial charge in [-0.15, -0.1) is 0 Å². The molecule has 1 aromatic rings. The zero-order valence-electron chi connectivity index (χ0n) is 26.5. The Labute approximate surface area is 253 Å². The Kier molecular flexibility index (Phi) is 16.6. The van der Waals surface area contributed by atoms with Crippen LogP contribution in [0.3, 0.4) is 0 Å². The fraction of sp³-hybridized carbons (Fsp3) is 0.697. The van der Waals surface area contributed by atoms with Crippen LogP contribution < -0.4 is 10.6 Å². The number of nitrogens with one attached hydrogen (secondary N) is 3. The second kappa shape index (κ2) is 19.9. The van der Waals surface area contributed by atoms with Crippen molar-refractivity contribution in [2.75, 3.05) is 13.1 Å². The Morgan fingerprint density at radius 3 is 2.38 bits per heavy atom. The summed E-state index contributed by atoms with van der Waals surface area (Å²) in [7, 11) is 0. The van der Waals surface area contributed by atoms with Gasteiger partial charge in [0.1, 0.15) is 11.6 Å². The summed E-state index contributed by atoms with van der Waals surface area (Å²) in [5.74, 6) is -0.277. The van der Waals surface area contributed by atoms with Crippen molar-refractivity contribution < 1.29 is 19.1 Å². The third-order valence-corrected chi connectivity index (χ3v) is 7.20. The van der Waals surface area contributed by atoms with Crippen LogP contribution in [0.2, 0.25) is 0 Å². The largest absolute Gasteiger partial charge is 0.444 e. The van der Waals surface area contributed by atoms with E-state index in [1.165, 1.54) is 43.4 Å². The number of unbranched alkanes of at least 4 members (excludes halogenated alkanes) is 8. The molecule has 1 fully saturated rings. The molecule has 1 saturated heterocycles. The average molecular weight is 586 g/mol. The van der Waals surface area contributed by atoms with E-state index in [1.54, 1.807) is 33.3 Å². The highest BCUT2D eigenvalue weighted by atomic mass is 16.6. The standard InChI is InChI=1S/C33H55N5O4/c1-5-6-7-8-9-10-11-12-13-14-15-16-17-18-19-20-30(39)37-28-23-29(38(25-28)32(41)42-33(2,3)4)31(40)35-22-21-27-24-34-26-36-27/h9-10,12-13,24,26,28-29H,5-8,11,14-23,25H2,1-4H3,(H,34,36)(H,35,40)(H,37,39)/t28-,29-/m0/s1. The van der Waals surface area contributed by atoms with Gasteiger partial charge in [-0.3, -0.25) is 14.5 Å². The summed E-state index contributed by atoms with van der Waals surface area (Å²) < 4.78 is 5.55. The van der Waals surface area contributed by atoms with Crippen LogP contribution in [0.15, 0.2) is 36.8 Å². The molecule has 42 heavy (non-hydrogen) atoms. The molecular weight excluding hydrogens is 530 g/mol. The number of amides is 3. The van der Waals surface area contributed by atoms with Crippen molar-refractivity contribution in [1.82, 2.24) is 25.5 Å². The first-order chi connectivity index (χ1) is 20.2. The normalized spacial score (nSPS) is 17.3. The number of hydrogen-bond donors (Lipinski definition) is 3. The van der Waals surface area contributed by atoms with E-state index in [0.29, 0.717) is 25.8 Å². The van der Waals surface area contributed by atoms with Crippen LogP contribution in [0.5, 0.6) is 0 Å². The number of ether oxygens (including phenoxy) is 1. The number of aromatic nitrogens is 2. The highest BCUT2D eigenvalue weighted by molar-refractivity contribution is 5.87. The predicted octanol–water partition coefficient (Wildman–Crippen LogP) is 6.38. The summed E-state index contributed by atoms with van der Waals surface area (Å²) in [6.45, 7) is 8.29. The van der Waals surface area contributed by atoms with Crippen LogP contribution in [0.1, 0.15) is 117 Å². The zero-order valence-corrected chi connectivity index (χ0v) is 26.5. The monoisotopic (exact) mass is 585 g/mol. The van der Waals surface area contributed by atoms with Gasteiger partial charge in [0.15, 0.2) is 0 Å². The number of H-pyrrole nitrogens is 1. The molecular formula is C33H55N5O4. The third kappa shape index (κ3) is 15.2. The van der Waals surface area contributed by atoms with Gasteiger partial charge in [0.05, 0.1) is 6.33 Å². The Bertz CT molecular complexity index is 968. The van der Waals surface area contributed by atoms with E-state index in [4.69, 9.17) is 4.74 Å².